The molecule has 21 heavy (non-hydrogen) atoms. The fourth-order valence-corrected chi connectivity index (χ4v) is 3.31. The maximum Gasteiger partial charge on any atom is 0.254 e. The summed E-state index contributed by atoms with van der Waals surface area (Å²) in [5.41, 5.74) is 2.09. The number of likely N-dealkylation sites (tertiary alicyclic amines) is 1. The molecule has 1 atom stereocenters. The van der Waals surface area contributed by atoms with Crippen molar-refractivity contribution < 1.29 is 4.79 Å². The number of nitrogens with one attached hydrogen (secondary N) is 1. The van der Waals surface area contributed by atoms with Crippen LogP contribution in [0.15, 0.2) is 24.3 Å². The standard InChI is InChI=1S/C17H25N3O/c1-14-12-18-7-10-20(14)17(21)16-6-4-5-15(11-16)13-19-8-2-3-9-19/h4-6,11,14,18H,2-3,7-10,12-13H2,1H3/t14-/m0/s1. The fraction of sp³-hybridized carbons (Fsp3) is 0.588. The Morgan fingerprint density at radius 2 is 2.10 bits per heavy atom. The van der Waals surface area contributed by atoms with Gasteiger partial charge in [0, 0.05) is 37.8 Å². The summed E-state index contributed by atoms with van der Waals surface area (Å²) in [5.74, 6) is 0.173. The summed E-state index contributed by atoms with van der Waals surface area (Å²) in [5, 5.41) is 3.33. The van der Waals surface area contributed by atoms with Gasteiger partial charge in [0.1, 0.15) is 0 Å². The van der Waals surface area contributed by atoms with E-state index in [0.29, 0.717) is 0 Å². The number of hydrogen-bond donors (Lipinski definition) is 1. The maximum atomic E-state index is 12.7. The molecule has 4 nitrogen and oxygen atoms in total. The summed E-state index contributed by atoms with van der Waals surface area (Å²) in [6.07, 6.45) is 2.60. The van der Waals surface area contributed by atoms with E-state index in [1.54, 1.807) is 0 Å². The van der Waals surface area contributed by atoms with E-state index in [2.05, 4.69) is 29.3 Å². The van der Waals surface area contributed by atoms with Gasteiger partial charge in [-0.05, 0) is 50.6 Å². The first-order chi connectivity index (χ1) is 10.2. The summed E-state index contributed by atoms with van der Waals surface area (Å²) >= 11 is 0. The molecule has 0 aromatic heterocycles. The van der Waals surface area contributed by atoms with Crippen molar-refractivity contribution in [1.82, 2.24) is 15.1 Å². The van der Waals surface area contributed by atoms with Gasteiger partial charge >= 0.3 is 0 Å². The number of nitrogens with zero attached hydrogens (tertiary/aromatic N) is 2. The maximum absolute atomic E-state index is 12.7. The van der Waals surface area contributed by atoms with E-state index < -0.39 is 0 Å². The molecule has 1 aromatic rings. The zero-order chi connectivity index (χ0) is 14.7. The van der Waals surface area contributed by atoms with Gasteiger partial charge in [-0.2, -0.15) is 0 Å². The molecule has 3 rings (SSSR count). The Bertz CT molecular complexity index is 497. The summed E-state index contributed by atoms with van der Waals surface area (Å²) in [7, 11) is 0. The minimum absolute atomic E-state index is 0.173. The quantitative estimate of drug-likeness (QED) is 0.919. The first-order valence-corrected chi connectivity index (χ1v) is 8.07. The molecule has 0 unspecified atom stereocenters. The van der Waals surface area contributed by atoms with Crippen LogP contribution in [0.2, 0.25) is 0 Å². The fourth-order valence-electron chi connectivity index (χ4n) is 3.31. The molecule has 2 saturated heterocycles. The van der Waals surface area contributed by atoms with Crippen LogP contribution in [0.1, 0.15) is 35.7 Å². The van der Waals surface area contributed by atoms with Crippen LogP contribution >= 0.6 is 0 Å². The topological polar surface area (TPSA) is 35.6 Å². The van der Waals surface area contributed by atoms with Crippen LogP contribution in [0.4, 0.5) is 0 Å². The van der Waals surface area contributed by atoms with Crippen molar-refractivity contribution in [1.29, 1.82) is 0 Å². The van der Waals surface area contributed by atoms with Gasteiger partial charge < -0.3 is 10.2 Å². The van der Waals surface area contributed by atoms with Gasteiger partial charge in [-0.3, -0.25) is 9.69 Å². The molecule has 1 amide bonds. The SMILES string of the molecule is C[C@H]1CNCCN1C(=O)c1cccc(CN2CCCC2)c1. The van der Waals surface area contributed by atoms with Crippen LogP contribution in [0.5, 0.6) is 0 Å². The Balaban J connectivity index is 1.70. The van der Waals surface area contributed by atoms with E-state index in [1.165, 1.54) is 31.5 Å². The van der Waals surface area contributed by atoms with Gasteiger partial charge in [0.25, 0.3) is 5.91 Å². The van der Waals surface area contributed by atoms with Crippen LogP contribution in [-0.2, 0) is 6.54 Å². The van der Waals surface area contributed by atoms with Gasteiger partial charge in [0.2, 0.25) is 0 Å². The molecule has 0 bridgehead atoms. The number of carbonyl (C=O) groups excluding carboxylic acids is 1. The predicted octanol–water partition coefficient (Wildman–Crippen LogP) is 1.72. The van der Waals surface area contributed by atoms with Crippen LogP contribution < -0.4 is 5.32 Å². The highest BCUT2D eigenvalue weighted by Crippen LogP contribution is 2.16. The summed E-state index contributed by atoms with van der Waals surface area (Å²) in [4.78, 5) is 17.1. The number of piperazine rings is 1. The Labute approximate surface area is 127 Å². The van der Waals surface area contributed by atoms with E-state index >= 15 is 0 Å². The average molecular weight is 287 g/mol. The van der Waals surface area contributed by atoms with Crippen molar-refractivity contribution in [2.75, 3.05) is 32.7 Å². The lowest BCUT2D eigenvalue weighted by molar-refractivity contribution is 0.0655. The third kappa shape index (κ3) is 3.44. The van der Waals surface area contributed by atoms with Crippen molar-refractivity contribution in [2.24, 2.45) is 0 Å². The van der Waals surface area contributed by atoms with Gasteiger partial charge in [-0.15, -0.1) is 0 Å². The molecular formula is C17H25N3O. The van der Waals surface area contributed by atoms with Crippen LogP contribution in [0.3, 0.4) is 0 Å². The molecule has 2 heterocycles. The molecule has 0 aliphatic carbocycles. The molecule has 1 aromatic carbocycles. The van der Waals surface area contributed by atoms with Crippen molar-refractivity contribution in [3.63, 3.8) is 0 Å². The van der Waals surface area contributed by atoms with Crippen molar-refractivity contribution in [3.8, 4) is 0 Å². The molecule has 4 heteroatoms. The predicted molar refractivity (Wildman–Crippen MR) is 84.3 cm³/mol. The van der Waals surface area contributed by atoms with Gasteiger partial charge in [-0.25, -0.2) is 0 Å². The first kappa shape index (κ1) is 14.5. The van der Waals surface area contributed by atoms with E-state index in [0.717, 1.165) is 31.7 Å². The lowest BCUT2D eigenvalue weighted by atomic mass is 10.1. The molecular weight excluding hydrogens is 262 g/mol. The number of rotatable bonds is 3. The molecule has 0 spiro atoms. The molecule has 2 fully saturated rings. The lowest BCUT2D eigenvalue weighted by Crippen LogP contribution is -2.52. The van der Waals surface area contributed by atoms with Gasteiger partial charge in [0.15, 0.2) is 0 Å². The summed E-state index contributed by atoms with van der Waals surface area (Å²) in [6.45, 7) is 8.04. The Hall–Kier alpha value is -1.39. The van der Waals surface area contributed by atoms with Crippen molar-refractivity contribution in [2.45, 2.75) is 32.4 Å². The monoisotopic (exact) mass is 287 g/mol. The Morgan fingerprint density at radius 1 is 1.29 bits per heavy atom. The molecule has 0 radical (unpaired) electrons. The van der Waals surface area contributed by atoms with Crippen molar-refractivity contribution in [3.05, 3.63) is 35.4 Å². The zero-order valence-corrected chi connectivity index (χ0v) is 12.8. The molecule has 1 N–H and O–H groups in total. The third-order valence-corrected chi connectivity index (χ3v) is 4.54. The van der Waals surface area contributed by atoms with E-state index in [-0.39, 0.29) is 11.9 Å². The summed E-state index contributed by atoms with van der Waals surface area (Å²) < 4.78 is 0. The average Bonchev–Trinajstić information content (AvgIpc) is 3.00. The molecule has 2 aliphatic rings. The van der Waals surface area contributed by atoms with E-state index in [1.807, 2.05) is 17.0 Å². The number of amides is 1. The molecule has 2 aliphatic heterocycles. The van der Waals surface area contributed by atoms with E-state index in [4.69, 9.17) is 0 Å². The van der Waals surface area contributed by atoms with Crippen molar-refractivity contribution >= 4 is 5.91 Å². The second-order valence-electron chi connectivity index (χ2n) is 6.24. The summed E-state index contributed by atoms with van der Waals surface area (Å²) in [6, 6.07) is 8.45. The Kier molecular flexibility index (Phi) is 4.56. The molecule has 114 valence electrons. The smallest absolute Gasteiger partial charge is 0.254 e. The number of benzene rings is 1. The highest BCUT2D eigenvalue weighted by Gasteiger charge is 2.24. The van der Waals surface area contributed by atoms with E-state index in [9.17, 15) is 4.79 Å². The minimum Gasteiger partial charge on any atom is -0.333 e. The number of carbonyl (C=O) groups is 1. The lowest BCUT2D eigenvalue weighted by Gasteiger charge is -2.34. The second kappa shape index (κ2) is 6.58. The highest BCUT2D eigenvalue weighted by molar-refractivity contribution is 5.94. The largest absolute Gasteiger partial charge is 0.333 e. The normalized spacial score (nSPS) is 23.5. The van der Waals surface area contributed by atoms with Crippen LogP contribution in [-0.4, -0.2) is 54.5 Å². The Morgan fingerprint density at radius 3 is 2.86 bits per heavy atom. The second-order valence-corrected chi connectivity index (χ2v) is 6.24. The molecule has 0 saturated carbocycles. The van der Waals surface area contributed by atoms with Gasteiger partial charge in [-0.1, -0.05) is 12.1 Å². The zero-order valence-electron chi connectivity index (χ0n) is 12.8. The highest BCUT2D eigenvalue weighted by atomic mass is 16.2. The first-order valence-electron chi connectivity index (χ1n) is 8.07. The van der Waals surface area contributed by atoms with Gasteiger partial charge in [0.05, 0.1) is 0 Å². The third-order valence-electron chi connectivity index (χ3n) is 4.54. The van der Waals surface area contributed by atoms with Crippen LogP contribution in [0.25, 0.3) is 0 Å². The minimum atomic E-state index is 0.173. The number of hydrogen-bond acceptors (Lipinski definition) is 3. The van der Waals surface area contributed by atoms with Crippen LogP contribution in [0, 0.1) is 0 Å².